The second kappa shape index (κ2) is 8.79. The van der Waals surface area contributed by atoms with Gasteiger partial charge in [0.05, 0.1) is 0 Å². The van der Waals surface area contributed by atoms with Crippen LogP contribution in [0.25, 0.3) is 0 Å². The molecule has 0 spiro atoms. The normalized spacial score (nSPS) is 19.0. The van der Waals surface area contributed by atoms with Crippen LogP contribution in [0.3, 0.4) is 0 Å². The van der Waals surface area contributed by atoms with Crippen molar-refractivity contribution in [2.75, 3.05) is 25.5 Å². The maximum atomic E-state index is 11.0. The molecule has 0 saturated carbocycles. The number of carbonyl (C=O) groups excluding carboxylic acids is 1. The van der Waals surface area contributed by atoms with Gasteiger partial charge in [0.2, 0.25) is 5.91 Å². The molecule has 1 aliphatic heterocycles. The van der Waals surface area contributed by atoms with Crippen molar-refractivity contribution in [2.45, 2.75) is 32.7 Å². The van der Waals surface area contributed by atoms with Gasteiger partial charge in [-0.25, -0.2) is 4.98 Å². The molecule has 1 saturated heterocycles. The molecule has 23 heavy (non-hydrogen) atoms. The van der Waals surface area contributed by atoms with Crippen LogP contribution in [-0.2, 0) is 11.3 Å². The lowest BCUT2D eigenvalue weighted by atomic mass is 9.92. The molecule has 0 bridgehead atoms. The Morgan fingerprint density at radius 3 is 3.17 bits per heavy atom. The maximum absolute atomic E-state index is 11.0. The fourth-order valence-electron chi connectivity index (χ4n) is 2.83. The van der Waals surface area contributed by atoms with Crippen molar-refractivity contribution in [2.24, 2.45) is 5.92 Å². The number of carbonyl (C=O) groups is 1. The quantitative estimate of drug-likeness (QED) is 0.669. The van der Waals surface area contributed by atoms with Crippen molar-refractivity contribution >= 4 is 28.1 Å². The monoisotopic (exact) mass is 335 g/mol. The first-order chi connectivity index (χ1) is 11.1. The van der Waals surface area contributed by atoms with Crippen LogP contribution in [-0.4, -0.2) is 41.6 Å². The first-order valence-corrected chi connectivity index (χ1v) is 8.74. The van der Waals surface area contributed by atoms with E-state index in [1.165, 1.54) is 36.0 Å². The van der Waals surface area contributed by atoms with E-state index in [0.29, 0.717) is 16.8 Å². The van der Waals surface area contributed by atoms with Crippen LogP contribution in [0.1, 0.15) is 31.1 Å². The Hall–Kier alpha value is -1.73. The molecular weight excluding hydrogens is 310 g/mol. The minimum absolute atomic E-state index is 0.0860. The Morgan fingerprint density at radius 2 is 2.43 bits per heavy atom. The van der Waals surface area contributed by atoms with Crippen molar-refractivity contribution < 1.29 is 4.79 Å². The van der Waals surface area contributed by atoms with Gasteiger partial charge in [-0.3, -0.25) is 9.69 Å². The van der Waals surface area contributed by atoms with Crippen LogP contribution >= 0.6 is 11.3 Å². The smallest absolute Gasteiger partial charge is 0.223 e. The zero-order chi connectivity index (χ0) is 16.7. The average molecular weight is 335 g/mol. The molecule has 1 unspecified atom stereocenters. The fourth-order valence-corrected chi connectivity index (χ4v) is 3.73. The second-order valence-electron chi connectivity index (χ2n) is 5.91. The van der Waals surface area contributed by atoms with E-state index in [4.69, 9.17) is 5.41 Å². The molecule has 2 heterocycles. The molecule has 1 fully saturated rings. The molecule has 0 radical (unpaired) electrons. The Labute approximate surface area is 141 Å². The summed E-state index contributed by atoms with van der Waals surface area (Å²) in [5.41, 5.74) is 0.678. The summed E-state index contributed by atoms with van der Waals surface area (Å²) >= 11 is 1.53. The summed E-state index contributed by atoms with van der Waals surface area (Å²) in [5.74, 6) is 0.456. The Balaban J connectivity index is 1.83. The number of hydrogen-bond acceptors (Lipinski definition) is 6. The highest BCUT2D eigenvalue weighted by Gasteiger charge is 2.21. The second-order valence-corrected chi connectivity index (χ2v) is 7.02. The van der Waals surface area contributed by atoms with Crippen molar-refractivity contribution in [3.63, 3.8) is 0 Å². The Morgan fingerprint density at radius 1 is 1.61 bits per heavy atom. The third-order valence-corrected chi connectivity index (χ3v) is 4.68. The summed E-state index contributed by atoms with van der Waals surface area (Å²) in [6.45, 7) is 4.47. The standard InChI is InChI=1S/C16H25N5OS/c1-12(22)20-16-19-9-15(23-16)11-21-7-3-4-13(10-21)8-14(17)5-6-18-2/h5-6,9,13,17-18H,3-4,7-8,10-11H2,1-2H3,(H,19,20,22)/b6-5-,17-14?. The molecule has 1 aliphatic rings. The lowest BCUT2D eigenvalue weighted by Crippen LogP contribution is -2.35. The number of anilines is 1. The molecule has 7 heteroatoms. The summed E-state index contributed by atoms with van der Waals surface area (Å²) in [5, 5.41) is 14.3. The first-order valence-electron chi connectivity index (χ1n) is 7.92. The first kappa shape index (κ1) is 17.6. The van der Waals surface area contributed by atoms with E-state index >= 15 is 0 Å². The maximum Gasteiger partial charge on any atom is 0.223 e. The molecule has 1 aromatic rings. The van der Waals surface area contributed by atoms with E-state index < -0.39 is 0 Å². The molecule has 6 nitrogen and oxygen atoms in total. The third-order valence-electron chi connectivity index (χ3n) is 3.78. The predicted octanol–water partition coefficient (Wildman–Crippen LogP) is 2.46. The number of aromatic nitrogens is 1. The number of rotatable bonds is 7. The molecule has 2 rings (SSSR count). The average Bonchev–Trinajstić information content (AvgIpc) is 2.91. The highest BCUT2D eigenvalue weighted by Crippen LogP contribution is 2.24. The summed E-state index contributed by atoms with van der Waals surface area (Å²) in [6, 6.07) is 0. The van der Waals surface area contributed by atoms with Gasteiger partial charge in [-0.05, 0) is 44.0 Å². The summed E-state index contributed by atoms with van der Waals surface area (Å²) in [4.78, 5) is 18.9. The zero-order valence-corrected chi connectivity index (χ0v) is 14.6. The van der Waals surface area contributed by atoms with Crippen molar-refractivity contribution in [3.05, 3.63) is 23.3 Å². The van der Waals surface area contributed by atoms with E-state index in [9.17, 15) is 4.79 Å². The van der Waals surface area contributed by atoms with Crippen LogP contribution in [0.15, 0.2) is 18.5 Å². The van der Waals surface area contributed by atoms with Gasteiger partial charge in [-0.1, -0.05) is 0 Å². The number of piperidine rings is 1. The van der Waals surface area contributed by atoms with Crippen LogP contribution in [0, 0.1) is 11.3 Å². The van der Waals surface area contributed by atoms with Crippen LogP contribution in [0.4, 0.5) is 5.13 Å². The number of hydrogen-bond donors (Lipinski definition) is 3. The number of nitrogens with one attached hydrogen (secondary N) is 3. The molecule has 0 aromatic carbocycles. The van der Waals surface area contributed by atoms with E-state index in [2.05, 4.69) is 20.5 Å². The lowest BCUT2D eigenvalue weighted by molar-refractivity contribution is -0.114. The predicted molar refractivity (Wildman–Crippen MR) is 95.0 cm³/mol. The number of amides is 1. The molecule has 1 atom stereocenters. The number of nitrogens with zero attached hydrogens (tertiary/aromatic N) is 2. The van der Waals surface area contributed by atoms with Gasteiger partial charge in [0.1, 0.15) is 0 Å². The van der Waals surface area contributed by atoms with Crippen molar-refractivity contribution in [1.29, 1.82) is 5.41 Å². The third kappa shape index (κ3) is 6.11. The number of likely N-dealkylation sites (tertiary alicyclic amines) is 1. The highest BCUT2D eigenvalue weighted by atomic mass is 32.1. The van der Waals surface area contributed by atoms with Crippen LogP contribution in [0.5, 0.6) is 0 Å². The van der Waals surface area contributed by atoms with Crippen LogP contribution < -0.4 is 10.6 Å². The van der Waals surface area contributed by atoms with Crippen molar-refractivity contribution in [1.82, 2.24) is 15.2 Å². The minimum atomic E-state index is -0.0860. The van der Waals surface area contributed by atoms with E-state index in [-0.39, 0.29) is 5.91 Å². The number of allylic oxidation sites excluding steroid dienone is 1. The number of thiazole rings is 1. The molecule has 1 amide bonds. The van der Waals surface area contributed by atoms with Gasteiger partial charge >= 0.3 is 0 Å². The van der Waals surface area contributed by atoms with E-state index in [1.54, 1.807) is 0 Å². The SMILES string of the molecule is CN/C=C\C(=N)CC1CCCN(Cc2cnc(NC(C)=O)s2)C1. The highest BCUT2D eigenvalue weighted by molar-refractivity contribution is 7.15. The molecule has 3 N–H and O–H groups in total. The lowest BCUT2D eigenvalue weighted by Gasteiger charge is -2.32. The largest absolute Gasteiger partial charge is 0.394 e. The van der Waals surface area contributed by atoms with E-state index in [1.807, 2.05) is 25.5 Å². The van der Waals surface area contributed by atoms with Crippen molar-refractivity contribution in [3.8, 4) is 0 Å². The molecular formula is C16H25N5OS. The molecule has 0 aliphatic carbocycles. The van der Waals surface area contributed by atoms with Gasteiger partial charge in [0.25, 0.3) is 0 Å². The van der Waals surface area contributed by atoms with Gasteiger partial charge in [-0.2, -0.15) is 0 Å². The summed E-state index contributed by atoms with van der Waals surface area (Å²) < 4.78 is 0. The fraction of sp³-hybridized carbons (Fsp3) is 0.562. The Kier molecular flexibility index (Phi) is 6.73. The zero-order valence-electron chi connectivity index (χ0n) is 13.8. The Bertz CT molecular complexity index is 569. The molecule has 126 valence electrons. The summed E-state index contributed by atoms with van der Waals surface area (Å²) in [6.07, 6.45) is 8.68. The molecule has 1 aromatic heterocycles. The summed E-state index contributed by atoms with van der Waals surface area (Å²) in [7, 11) is 1.84. The van der Waals surface area contributed by atoms with Gasteiger partial charge in [0, 0.05) is 43.8 Å². The van der Waals surface area contributed by atoms with Gasteiger partial charge in [-0.15, -0.1) is 11.3 Å². The van der Waals surface area contributed by atoms with Crippen LogP contribution in [0.2, 0.25) is 0 Å². The van der Waals surface area contributed by atoms with Gasteiger partial charge in [0.15, 0.2) is 5.13 Å². The van der Waals surface area contributed by atoms with Gasteiger partial charge < -0.3 is 16.0 Å². The van der Waals surface area contributed by atoms with E-state index in [0.717, 1.165) is 26.1 Å². The minimum Gasteiger partial charge on any atom is -0.394 e. The topological polar surface area (TPSA) is 81.1 Å².